The van der Waals surface area contributed by atoms with Crippen molar-refractivity contribution in [3.8, 4) is 0 Å². The van der Waals surface area contributed by atoms with E-state index in [2.05, 4.69) is 35.8 Å². The molecule has 1 N–H and O–H groups in total. The Hall–Kier alpha value is -2.55. The topological polar surface area (TPSA) is 42.2 Å². The van der Waals surface area contributed by atoms with Gasteiger partial charge in [0.15, 0.2) is 0 Å². The number of hydrogen-bond acceptors (Lipinski definition) is 1. The molecule has 0 saturated carbocycles. The number of carboxylic acid groups (broad SMARTS) is 1. The van der Waals surface area contributed by atoms with Gasteiger partial charge in [0, 0.05) is 23.1 Å². The highest BCUT2D eigenvalue weighted by atomic mass is 16.4. The molecule has 2 aromatic carbocycles. The van der Waals surface area contributed by atoms with Gasteiger partial charge in [-0.05, 0) is 48.4 Å². The van der Waals surface area contributed by atoms with Crippen molar-refractivity contribution in [1.82, 2.24) is 4.57 Å². The number of nitrogens with zero attached hydrogens (tertiary/aromatic N) is 1. The molecule has 122 valence electrons. The normalized spacial score (nSPS) is 17.0. The third-order valence-corrected chi connectivity index (χ3v) is 5.20. The van der Waals surface area contributed by atoms with Gasteiger partial charge < -0.3 is 9.67 Å². The average molecular weight is 319 g/mol. The Balaban J connectivity index is 1.88. The van der Waals surface area contributed by atoms with Crippen LogP contribution < -0.4 is 0 Å². The molecule has 1 atom stereocenters. The molecule has 1 aromatic heterocycles. The van der Waals surface area contributed by atoms with Gasteiger partial charge in [0.05, 0.1) is 5.56 Å². The summed E-state index contributed by atoms with van der Waals surface area (Å²) in [5.41, 5.74) is 5.32. The number of para-hydroxylation sites is 1. The Bertz CT molecular complexity index is 923. The van der Waals surface area contributed by atoms with Crippen LogP contribution in [0.5, 0.6) is 0 Å². The minimum absolute atomic E-state index is 0.396. The number of hydrogen-bond donors (Lipinski definition) is 1. The summed E-state index contributed by atoms with van der Waals surface area (Å²) in [4.78, 5) is 11.5. The third-order valence-electron chi connectivity index (χ3n) is 5.20. The van der Waals surface area contributed by atoms with Crippen molar-refractivity contribution in [2.45, 2.75) is 32.7 Å². The summed E-state index contributed by atoms with van der Waals surface area (Å²) in [6.45, 7) is 2.93. The SMILES string of the molecule is CC1CCc2c(c3ccccc3n2Cc2ccccc2C(=O)O)C1. The molecule has 1 aliphatic carbocycles. The van der Waals surface area contributed by atoms with Gasteiger partial charge in [-0.25, -0.2) is 4.79 Å². The van der Waals surface area contributed by atoms with Crippen LogP contribution in [0.1, 0.15) is 40.5 Å². The van der Waals surface area contributed by atoms with E-state index < -0.39 is 5.97 Å². The summed E-state index contributed by atoms with van der Waals surface area (Å²) in [6, 6.07) is 15.8. The number of benzene rings is 2. The maximum Gasteiger partial charge on any atom is 0.336 e. The molecule has 1 aliphatic rings. The maximum absolute atomic E-state index is 11.5. The van der Waals surface area contributed by atoms with Crippen molar-refractivity contribution < 1.29 is 9.90 Å². The van der Waals surface area contributed by atoms with Crippen LogP contribution in [0.25, 0.3) is 10.9 Å². The Labute approximate surface area is 141 Å². The molecule has 3 heteroatoms. The number of fused-ring (bicyclic) bond motifs is 3. The van der Waals surface area contributed by atoms with Gasteiger partial charge in [-0.3, -0.25) is 0 Å². The molecule has 1 heterocycles. The van der Waals surface area contributed by atoms with E-state index in [-0.39, 0.29) is 0 Å². The molecule has 4 rings (SSSR count). The first kappa shape index (κ1) is 15.0. The second kappa shape index (κ2) is 5.82. The molecule has 1 unspecified atom stereocenters. The zero-order chi connectivity index (χ0) is 16.7. The molecule has 0 aliphatic heterocycles. The molecule has 0 radical (unpaired) electrons. The number of carboxylic acids is 1. The summed E-state index contributed by atoms with van der Waals surface area (Å²) < 4.78 is 2.33. The summed E-state index contributed by atoms with van der Waals surface area (Å²) >= 11 is 0. The molecule has 0 fully saturated rings. The Kier molecular flexibility index (Phi) is 3.64. The first-order valence-corrected chi connectivity index (χ1v) is 8.55. The van der Waals surface area contributed by atoms with Crippen LogP contribution in [-0.2, 0) is 19.4 Å². The van der Waals surface area contributed by atoms with Gasteiger partial charge >= 0.3 is 5.97 Å². The molecule has 0 amide bonds. The van der Waals surface area contributed by atoms with E-state index in [1.54, 1.807) is 12.1 Å². The van der Waals surface area contributed by atoms with E-state index in [4.69, 9.17) is 0 Å². The van der Waals surface area contributed by atoms with Gasteiger partial charge in [-0.1, -0.05) is 43.3 Å². The van der Waals surface area contributed by atoms with Crippen molar-refractivity contribution >= 4 is 16.9 Å². The molecule has 0 bridgehead atoms. The fraction of sp³-hybridized carbons (Fsp3) is 0.286. The highest BCUT2D eigenvalue weighted by Gasteiger charge is 2.23. The van der Waals surface area contributed by atoms with Gasteiger partial charge in [-0.15, -0.1) is 0 Å². The predicted molar refractivity (Wildman–Crippen MR) is 95.6 cm³/mol. The summed E-state index contributed by atoms with van der Waals surface area (Å²) in [5, 5.41) is 10.8. The molecule has 24 heavy (non-hydrogen) atoms. The quantitative estimate of drug-likeness (QED) is 0.771. The highest BCUT2D eigenvalue weighted by molar-refractivity contribution is 5.90. The van der Waals surface area contributed by atoms with E-state index in [0.717, 1.165) is 18.4 Å². The van der Waals surface area contributed by atoms with Crippen LogP contribution in [0.4, 0.5) is 0 Å². The van der Waals surface area contributed by atoms with E-state index in [9.17, 15) is 9.90 Å². The van der Waals surface area contributed by atoms with Crippen LogP contribution >= 0.6 is 0 Å². The maximum atomic E-state index is 11.5. The lowest BCUT2D eigenvalue weighted by molar-refractivity contribution is 0.0695. The van der Waals surface area contributed by atoms with Gasteiger partial charge in [-0.2, -0.15) is 0 Å². The van der Waals surface area contributed by atoms with Crippen LogP contribution in [0.2, 0.25) is 0 Å². The second-order valence-electron chi connectivity index (χ2n) is 6.84. The summed E-state index contributed by atoms with van der Waals surface area (Å²) in [6.07, 6.45) is 3.38. The van der Waals surface area contributed by atoms with Crippen molar-refractivity contribution in [3.05, 3.63) is 70.9 Å². The number of aromatic carboxylic acids is 1. The van der Waals surface area contributed by atoms with E-state index in [1.807, 2.05) is 12.1 Å². The Morgan fingerprint density at radius 3 is 2.75 bits per heavy atom. The van der Waals surface area contributed by atoms with Crippen molar-refractivity contribution in [3.63, 3.8) is 0 Å². The minimum atomic E-state index is -0.857. The van der Waals surface area contributed by atoms with Crippen molar-refractivity contribution in [2.24, 2.45) is 5.92 Å². The lowest BCUT2D eigenvalue weighted by Crippen LogP contribution is -2.15. The first-order valence-electron chi connectivity index (χ1n) is 8.55. The summed E-state index contributed by atoms with van der Waals surface area (Å²) in [5.74, 6) is -0.146. The summed E-state index contributed by atoms with van der Waals surface area (Å²) in [7, 11) is 0. The lowest BCUT2D eigenvalue weighted by atomic mass is 9.87. The zero-order valence-corrected chi connectivity index (χ0v) is 13.8. The monoisotopic (exact) mass is 319 g/mol. The Morgan fingerprint density at radius 2 is 1.92 bits per heavy atom. The van der Waals surface area contributed by atoms with Crippen LogP contribution in [0, 0.1) is 5.92 Å². The smallest absolute Gasteiger partial charge is 0.336 e. The van der Waals surface area contributed by atoms with Gasteiger partial charge in [0.1, 0.15) is 0 Å². The third kappa shape index (κ3) is 2.41. The fourth-order valence-electron chi connectivity index (χ4n) is 3.99. The number of rotatable bonds is 3. The molecule has 0 saturated heterocycles. The van der Waals surface area contributed by atoms with E-state index in [1.165, 1.54) is 28.6 Å². The van der Waals surface area contributed by atoms with Crippen LogP contribution in [0.3, 0.4) is 0 Å². The average Bonchev–Trinajstić information content (AvgIpc) is 2.89. The second-order valence-corrected chi connectivity index (χ2v) is 6.84. The van der Waals surface area contributed by atoms with Crippen LogP contribution in [-0.4, -0.2) is 15.6 Å². The number of aromatic nitrogens is 1. The van der Waals surface area contributed by atoms with Crippen molar-refractivity contribution in [2.75, 3.05) is 0 Å². The van der Waals surface area contributed by atoms with E-state index >= 15 is 0 Å². The van der Waals surface area contributed by atoms with Gasteiger partial charge in [0.25, 0.3) is 0 Å². The standard InChI is InChI=1S/C21H21NO2/c1-14-10-11-20-18(12-14)17-8-4-5-9-19(17)22(20)13-15-6-2-3-7-16(15)21(23)24/h2-9,14H,10-13H2,1H3,(H,23,24). The molecular formula is C21H21NO2. The Morgan fingerprint density at radius 1 is 1.17 bits per heavy atom. The van der Waals surface area contributed by atoms with Crippen molar-refractivity contribution in [1.29, 1.82) is 0 Å². The lowest BCUT2D eigenvalue weighted by Gasteiger charge is -2.21. The largest absolute Gasteiger partial charge is 0.478 e. The number of carbonyl (C=O) groups is 1. The van der Waals surface area contributed by atoms with Crippen LogP contribution in [0.15, 0.2) is 48.5 Å². The zero-order valence-electron chi connectivity index (χ0n) is 13.8. The molecule has 3 aromatic rings. The minimum Gasteiger partial charge on any atom is -0.478 e. The molecule has 0 spiro atoms. The fourth-order valence-corrected chi connectivity index (χ4v) is 3.99. The predicted octanol–water partition coefficient (Wildman–Crippen LogP) is 4.51. The van der Waals surface area contributed by atoms with E-state index in [0.29, 0.717) is 18.0 Å². The molecular weight excluding hydrogens is 298 g/mol. The van der Waals surface area contributed by atoms with Gasteiger partial charge in [0.2, 0.25) is 0 Å². The molecule has 3 nitrogen and oxygen atoms in total. The first-order chi connectivity index (χ1) is 11.6. The highest BCUT2D eigenvalue weighted by Crippen LogP contribution is 2.34.